The summed E-state index contributed by atoms with van der Waals surface area (Å²) < 4.78 is 0. The van der Waals surface area contributed by atoms with Crippen molar-refractivity contribution < 1.29 is 5.11 Å². The molecule has 3 N–H and O–H groups in total. The lowest BCUT2D eigenvalue weighted by Gasteiger charge is -2.22. The van der Waals surface area contributed by atoms with Crippen LogP contribution in [0.4, 0.5) is 11.6 Å². The number of fused-ring (bicyclic) bond motifs is 1. The largest absolute Gasteiger partial charge is 0.386 e. The lowest BCUT2D eigenvalue weighted by Crippen LogP contribution is -2.18. The highest BCUT2D eigenvalue weighted by atomic mass is 35.5. The Morgan fingerprint density at radius 1 is 1.29 bits per heavy atom. The van der Waals surface area contributed by atoms with Crippen molar-refractivity contribution >= 4 is 34.1 Å². The van der Waals surface area contributed by atoms with Gasteiger partial charge in [-0.1, -0.05) is 0 Å². The van der Waals surface area contributed by atoms with Gasteiger partial charge in [0.1, 0.15) is 6.33 Å². The first-order valence-electron chi connectivity index (χ1n) is 6.39. The van der Waals surface area contributed by atoms with E-state index < -0.39 is 5.60 Å². The zero-order chi connectivity index (χ0) is 15.0. The van der Waals surface area contributed by atoms with Crippen LogP contribution < -0.4 is 5.32 Å². The lowest BCUT2D eigenvalue weighted by atomic mass is 9.95. The van der Waals surface area contributed by atoms with Crippen LogP contribution in [0.3, 0.4) is 0 Å². The molecule has 0 fully saturated rings. The van der Waals surface area contributed by atoms with Gasteiger partial charge in [-0.15, -0.1) is 0 Å². The van der Waals surface area contributed by atoms with Crippen molar-refractivity contribution in [2.75, 3.05) is 5.32 Å². The number of aliphatic hydroxyl groups is 1. The minimum absolute atomic E-state index is 0.111. The van der Waals surface area contributed by atoms with Gasteiger partial charge in [0.05, 0.1) is 5.60 Å². The highest BCUT2D eigenvalue weighted by Crippen LogP contribution is 2.32. The maximum atomic E-state index is 10.4. The summed E-state index contributed by atoms with van der Waals surface area (Å²) in [4.78, 5) is 14.9. The summed E-state index contributed by atoms with van der Waals surface area (Å²) in [6, 6.07) is 5.78. The number of aromatic nitrogens is 4. The summed E-state index contributed by atoms with van der Waals surface area (Å²) in [7, 11) is 0. The normalized spacial score (nSPS) is 11.8. The summed E-state index contributed by atoms with van der Waals surface area (Å²) in [5.74, 6) is 0.329. The fourth-order valence-electron chi connectivity index (χ4n) is 2.17. The van der Waals surface area contributed by atoms with Crippen molar-refractivity contribution in [2.45, 2.75) is 19.4 Å². The Balaban J connectivity index is 2.11. The Kier molecular flexibility index (Phi) is 3.27. The van der Waals surface area contributed by atoms with Crippen LogP contribution in [0.2, 0.25) is 5.28 Å². The number of nitrogens with one attached hydrogen (secondary N) is 2. The van der Waals surface area contributed by atoms with Gasteiger partial charge in [0.25, 0.3) is 0 Å². The second-order valence-electron chi connectivity index (χ2n) is 5.22. The number of nitrogens with zero attached hydrogens (tertiary/aromatic N) is 3. The lowest BCUT2D eigenvalue weighted by molar-refractivity contribution is 0.0795. The molecule has 21 heavy (non-hydrogen) atoms. The number of hydrogen-bond acceptors (Lipinski definition) is 5. The molecule has 1 aromatic carbocycles. The molecular formula is C14H14ClN5O. The number of aromatic amines is 1. The molecule has 0 radical (unpaired) electrons. The molecule has 3 aromatic rings. The third-order valence-corrected chi connectivity index (χ3v) is 3.32. The Bertz CT molecular complexity index is 793. The first-order chi connectivity index (χ1) is 9.93. The van der Waals surface area contributed by atoms with Gasteiger partial charge in [-0.25, -0.2) is 9.97 Å². The zero-order valence-corrected chi connectivity index (χ0v) is 12.3. The number of hydrogen-bond donors (Lipinski definition) is 3. The Hall–Kier alpha value is -2.18. The van der Waals surface area contributed by atoms with Crippen LogP contribution in [0.5, 0.6) is 0 Å². The number of halogens is 1. The van der Waals surface area contributed by atoms with E-state index in [0.29, 0.717) is 5.95 Å². The summed E-state index contributed by atoms with van der Waals surface area (Å²) in [5.41, 5.74) is 1.38. The molecule has 2 aromatic heterocycles. The molecule has 6 nitrogen and oxygen atoms in total. The molecular weight excluding hydrogens is 290 g/mol. The van der Waals surface area contributed by atoms with E-state index >= 15 is 0 Å². The van der Waals surface area contributed by atoms with E-state index in [4.69, 9.17) is 11.6 Å². The van der Waals surface area contributed by atoms with Gasteiger partial charge < -0.3 is 15.4 Å². The van der Waals surface area contributed by atoms with E-state index in [0.717, 1.165) is 22.2 Å². The second-order valence-corrected chi connectivity index (χ2v) is 5.56. The van der Waals surface area contributed by atoms with Crippen LogP contribution in [0.25, 0.3) is 10.9 Å². The molecule has 0 amide bonds. The summed E-state index contributed by atoms with van der Waals surface area (Å²) in [6.07, 6.45) is 3.18. The van der Waals surface area contributed by atoms with Gasteiger partial charge in [0, 0.05) is 28.4 Å². The summed E-state index contributed by atoms with van der Waals surface area (Å²) >= 11 is 5.76. The van der Waals surface area contributed by atoms with Gasteiger partial charge >= 0.3 is 0 Å². The molecule has 2 heterocycles. The van der Waals surface area contributed by atoms with E-state index in [1.807, 2.05) is 24.4 Å². The van der Waals surface area contributed by atoms with Crippen molar-refractivity contribution in [2.24, 2.45) is 0 Å². The van der Waals surface area contributed by atoms with Crippen molar-refractivity contribution in [3.05, 3.63) is 41.6 Å². The van der Waals surface area contributed by atoms with Crippen LogP contribution in [-0.2, 0) is 5.60 Å². The van der Waals surface area contributed by atoms with Gasteiger partial charge in [0.15, 0.2) is 0 Å². The predicted octanol–water partition coefficient (Wildman–Crippen LogP) is 2.98. The maximum Gasteiger partial charge on any atom is 0.231 e. The van der Waals surface area contributed by atoms with Crippen LogP contribution in [0.15, 0.2) is 30.7 Å². The molecule has 0 aliphatic carbocycles. The molecule has 0 unspecified atom stereocenters. The molecule has 3 rings (SSSR count). The Morgan fingerprint density at radius 3 is 2.81 bits per heavy atom. The molecule has 0 spiro atoms. The molecule has 0 atom stereocenters. The highest BCUT2D eigenvalue weighted by molar-refractivity contribution is 6.28. The van der Waals surface area contributed by atoms with Crippen LogP contribution >= 0.6 is 11.6 Å². The topological polar surface area (TPSA) is 86.7 Å². The van der Waals surface area contributed by atoms with Crippen molar-refractivity contribution in [1.29, 1.82) is 0 Å². The predicted molar refractivity (Wildman–Crippen MR) is 81.7 cm³/mol. The quantitative estimate of drug-likeness (QED) is 0.692. The molecule has 0 bridgehead atoms. The highest BCUT2D eigenvalue weighted by Gasteiger charge is 2.21. The Morgan fingerprint density at radius 2 is 2.10 bits per heavy atom. The van der Waals surface area contributed by atoms with Crippen LogP contribution in [0.1, 0.15) is 19.4 Å². The summed E-state index contributed by atoms with van der Waals surface area (Å²) in [5, 5.41) is 14.6. The first kappa shape index (κ1) is 13.8. The van der Waals surface area contributed by atoms with Crippen molar-refractivity contribution in [3.63, 3.8) is 0 Å². The van der Waals surface area contributed by atoms with E-state index in [9.17, 15) is 5.11 Å². The zero-order valence-electron chi connectivity index (χ0n) is 11.6. The smallest absolute Gasteiger partial charge is 0.231 e. The number of H-pyrrole nitrogens is 1. The van der Waals surface area contributed by atoms with E-state index in [1.165, 1.54) is 6.33 Å². The van der Waals surface area contributed by atoms with Gasteiger partial charge in [-0.3, -0.25) is 0 Å². The molecule has 0 aliphatic rings. The van der Waals surface area contributed by atoms with Gasteiger partial charge in [-0.2, -0.15) is 4.98 Å². The van der Waals surface area contributed by atoms with Crippen LogP contribution in [-0.4, -0.2) is 25.0 Å². The minimum Gasteiger partial charge on any atom is -0.386 e. The van der Waals surface area contributed by atoms with Crippen LogP contribution in [0, 0.1) is 0 Å². The van der Waals surface area contributed by atoms with Gasteiger partial charge in [0.2, 0.25) is 11.2 Å². The molecule has 108 valence electrons. The standard InChI is InChI=1S/C14H14ClN5O/c1-14(2,21)9-6-10-8(3-4-16-10)5-11(9)19-13-18-7-17-12(15)20-13/h3-7,16,21H,1-2H3,(H,17,18,19,20). The monoisotopic (exact) mass is 303 g/mol. The number of anilines is 2. The number of rotatable bonds is 3. The van der Waals surface area contributed by atoms with E-state index in [2.05, 4.69) is 25.3 Å². The van der Waals surface area contributed by atoms with E-state index in [1.54, 1.807) is 13.8 Å². The minimum atomic E-state index is -1.02. The average Bonchev–Trinajstić information content (AvgIpc) is 2.84. The second kappa shape index (κ2) is 4.98. The summed E-state index contributed by atoms with van der Waals surface area (Å²) in [6.45, 7) is 3.45. The number of benzene rings is 1. The van der Waals surface area contributed by atoms with E-state index in [-0.39, 0.29) is 5.28 Å². The Labute approximate surface area is 126 Å². The fourth-order valence-corrected chi connectivity index (χ4v) is 2.29. The average molecular weight is 304 g/mol. The third-order valence-electron chi connectivity index (χ3n) is 3.14. The third kappa shape index (κ3) is 2.81. The van der Waals surface area contributed by atoms with Crippen molar-refractivity contribution in [3.8, 4) is 0 Å². The fraction of sp³-hybridized carbons (Fsp3) is 0.214. The SMILES string of the molecule is CC(C)(O)c1cc2[nH]ccc2cc1Nc1ncnc(Cl)n1. The van der Waals surface area contributed by atoms with Gasteiger partial charge in [-0.05, 0) is 43.6 Å². The first-order valence-corrected chi connectivity index (χ1v) is 6.77. The maximum absolute atomic E-state index is 10.4. The van der Waals surface area contributed by atoms with Crippen molar-refractivity contribution in [1.82, 2.24) is 19.9 Å². The molecule has 0 saturated heterocycles. The molecule has 0 aliphatic heterocycles. The molecule has 0 saturated carbocycles. The molecule has 7 heteroatoms.